The van der Waals surface area contributed by atoms with Gasteiger partial charge in [0.25, 0.3) is 0 Å². The molecule has 2 aromatic heterocycles. The lowest BCUT2D eigenvalue weighted by molar-refractivity contribution is 0.434. The molecule has 1 aromatic carbocycles. The summed E-state index contributed by atoms with van der Waals surface area (Å²) in [4.78, 5) is 4.12. The van der Waals surface area contributed by atoms with E-state index in [-0.39, 0.29) is 6.04 Å². The van der Waals surface area contributed by atoms with Crippen molar-refractivity contribution >= 4 is 26.9 Å². The van der Waals surface area contributed by atoms with Crippen molar-refractivity contribution in [2.75, 3.05) is 0 Å². The zero-order valence-electron chi connectivity index (χ0n) is 10.7. The molecule has 0 aliphatic heterocycles. The minimum atomic E-state index is -0.0847. The first-order valence-corrected chi connectivity index (χ1v) is 7.10. The van der Waals surface area contributed by atoms with Crippen LogP contribution in [0.25, 0.3) is 11.0 Å². The van der Waals surface area contributed by atoms with Crippen molar-refractivity contribution in [3.63, 3.8) is 0 Å². The fourth-order valence-corrected chi connectivity index (χ4v) is 2.68. The molecule has 4 nitrogen and oxygen atoms in total. The van der Waals surface area contributed by atoms with E-state index < -0.39 is 0 Å². The van der Waals surface area contributed by atoms with Gasteiger partial charge >= 0.3 is 0 Å². The molecule has 2 heterocycles. The quantitative estimate of drug-likeness (QED) is 0.568. The third kappa shape index (κ3) is 2.60. The molecule has 0 amide bonds. The minimum Gasteiger partial charge on any atom is -0.458 e. The Morgan fingerprint density at radius 1 is 1.30 bits per heavy atom. The summed E-state index contributed by atoms with van der Waals surface area (Å²) in [5.74, 6) is 6.49. The normalized spacial score (nSPS) is 12.7. The summed E-state index contributed by atoms with van der Waals surface area (Å²) >= 11 is 3.49. The molecule has 3 aromatic rings. The third-order valence-corrected chi connectivity index (χ3v) is 3.85. The molecular weight excluding hydrogens is 318 g/mol. The molecule has 0 bridgehead atoms. The Balaban J connectivity index is 1.93. The molecule has 0 saturated carbocycles. The Labute approximate surface area is 125 Å². The highest BCUT2D eigenvalue weighted by Crippen LogP contribution is 2.30. The molecule has 0 aliphatic carbocycles. The van der Waals surface area contributed by atoms with Gasteiger partial charge in [-0.15, -0.1) is 0 Å². The van der Waals surface area contributed by atoms with Crippen molar-refractivity contribution in [1.82, 2.24) is 10.4 Å². The zero-order valence-corrected chi connectivity index (χ0v) is 12.3. The van der Waals surface area contributed by atoms with E-state index in [1.165, 1.54) is 0 Å². The summed E-state index contributed by atoms with van der Waals surface area (Å²) in [5.41, 5.74) is 4.76. The van der Waals surface area contributed by atoms with Gasteiger partial charge in [0.2, 0.25) is 0 Å². The first-order valence-electron chi connectivity index (χ1n) is 6.31. The second-order valence-electron chi connectivity index (χ2n) is 4.59. The van der Waals surface area contributed by atoms with Crippen molar-refractivity contribution in [2.24, 2.45) is 5.84 Å². The molecule has 0 radical (unpaired) electrons. The highest BCUT2D eigenvalue weighted by atomic mass is 79.9. The molecule has 0 aliphatic rings. The van der Waals surface area contributed by atoms with E-state index in [0.29, 0.717) is 0 Å². The van der Waals surface area contributed by atoms with E-state index in [1.807, 2.05) is 42.6 Å². The van der Waals surface area contributed by atoms with Crippen LogP contribution in [-0.2, 0) is 6.42 Å². The van der Waals surface area contributed by atoms with Crippen molar-refractivity contribution in [1.29, 1.82) is 0 Å². The lowest BCUT2D eigenvalue weighted by Crippen LogP contribution is -2.29. The Bertz CT molecular complexity index is 711. The van der Waals surface area contributed by atoms with Gasteiger partial charge in [-0.1, -0.05) is 18.2 Å². The van der Waals surface area contributed by atoms with Crippen LogP contribution in [0, 0.1) is 0 Å². The van der Waals surface area contributed by atoms with E-state index in [1.54, 1.807) is 6.20 Å². The van der Waals surface area contributed by atoms with Gasteiger partial charge in [-0.25, -0.2) is 5.43 Å². The molecule has 0 spiro atoms. The predicted octanol–water partition coefficient (Wildman–Crippen LogP) is 3.34. The minimum absolute atomic E-state index is 0.0847. The second-order valence-corrected chi connectivity index (χ2v) is 5.45. The van der Waals surface area contributed by atoms with Crippen molar-refractivity contribution in [3.8, 4) is 0 Å². The van der Waals surface area contributed by atoms with Gasteiger partial charge in [0.05, 0.1) is 10.5 Å². The number of fused-ring (bicyclic) bond motifs is 1. The fourth-order valence-electron chi connectivity index (χ4n) is 2.22. The number of nitrogens with two attached hydrogens (primary N) is 1. The van der Waals surface area contributed by atoms with Gasteiger partial charge in [-0.2, -0.15) is 0 Å². The lowest BCUT2D eigenvalue weighted by atomic mass is 10.1. The largest absolute Gasteiger partial charge is 0.458 e. The predicted molar refractivity (Wildman–Crippen MR) is 81.9 cm³/mol. The molecule has 0 fully saturated rings. The molecule has 1 atom stereocenters. The van der Waals surface area contributed by atoms with Gasteiger partial charge in [-0.3, -0.25) is 10.8 Å². The number of hydrogen-bond donors (Lipinski definition) is 2. The summed E-state index contributed by atoms with van der Waals surface area (Å²) in [6.45, 7) is 0. The molecule has 0 saturated heterocycles. The highest BCUT2D eigenvalue weighted by Gasteiger charge is 2.16. The molecule has 102 valence electrons. The number of pyridine rings is 1. The van der Waals surface area contributed by atoms with Crippen LogP contribution in [-0.4, -0.2) is 4.98 Å². The maximum atomic E-state index is 5.91. The Kier molecular flexibility index (Phi) is 3.82. The maximum absolute atomic E-state index is 5.91. The Hall–Kier alpha value is -1.69. The SMILES string of the molecule is NNC(Cc1cccnc1)c1cc2cccc(Br)c2o1. The number of benzene rings is 1. The Morgan fingerprint density at radius 2 is 2.20 bits per heavy atom. The van der Waals surface area contributed by atoms with Gasteiger partial charge in [0.1, 0.15) is 11.3 Å². The number of aromatic nitrogens is 1. The average Bonchev–Trinajstić information content (AvgIpc) is 2.91. The second kappa shape index (κ2) is 5.75. The summed E-state index contributed by atoms with van der Waals surface area (Å²) < 4.78 is 6.86. The fraction of sp³-hybridized carbons (Fsp3) is 0.133. The number of nitrogens with one attached hydrogen (secondary N) is 1. The van der Waals surface area contributed by atoms with Crippen LogP contribution in [0.2, 0.25) is 0 Å². The van der Waals surface area contributed by atoms with Crippen LogP contribution in [0.4, 0.5) is 0 Å². The van der Waals surface area contributed by atoms with Gasteiger partial charge in [0, 0.05) is 17.8 Å². The lowest BCUT2D eigenvalue weighted by Gasteiger charge is -2.12. The summed E-state index contributed by atoms with van der Waals surface area (Å²) in [6.07, 6.45) is 4.32. The van der Waals surface area contributed by atoms with E-state index in [9.17, 15) is 0 Å². The van der Waals surface area contributed by atoms with Gasteiger partial charge in [0.15, 0.2) is 0 Å². The Morgan fingerprint density at radius 3 is 2.90 bits per heavy atom. The first kappa shape index (κ1) is 13.3. The third-order valence-electron chi connectivity index (χ3n) is 3.22. The molecular formula is C15H14BrN3O. The number of rotatable bonds is 4. The van der Waals surface area contributed by atoms with E-state index >= 15 is 0 Å². The molecule has 5 heteroatoms. The first-order chi connectivity index (χ1) is 9.78. The van der Waals surface area contributed by atoms with Gasteiger partial charge in [-0.05, 0) is 46.1 Å². The van der Waals surface area contributed by atoms with Crippen LogP contribution >= 0.6 is 15.9 Å². The number of nitrogens with zero attached hydrogens (tertiary/aromatic N) is 1. The topological polar surface area (TPSA) is 64.1 Å². The number of para-hydroxylation sites is 1. The molecule has 1 unspecified atom stereocenters. The van der Waals surface area contributed by atoms with Crippen LogP contribution < -0.4 is 11.3 Å². The summed E-state index contributed by atoms with van der Waals surface area (Å²) in [6, 6.07) is 11.8. The highest BCUT2D eigenvalue weighted by molar-refractivity contribution is 9.10. The van der Waals surface area contributed by atoms with Crippen LogP contribution in [0.5, 0.6) is 0 Å². The zero-order chi connectivity index (χ0) is 13.9. The smallest absolute Gasteiger partial charge is 0.148 e. The summed E-state index contributed by atoms with van der Waals surface area (Å²) in [5, 5.41) is 1.06. The van der Waals surface area contributed by atoms with Crippen molar-refractivity contribution in [2.45, 2.75) is 12.5 Å². The molecule has 3 N–H and O–H groups in total. The number of hydrogen-bond acceptors (Lipinski definition) is 4. The van der Waals surface area contributed by atoms with E-state index in [0.717, 1.165) is 33.2 Å². The number of halogens is 1. The standard InChI is InChI=1S/C15H14BrN3O/c16-12-5-1-4-11-8-14(20-15(11)12)13(19-17)7-10-3-2-6-18-9-10/h1-6,8-9,13,19H,7,17H2. The monoisotopic (exact) mass is 331 g/mol. The average molecular weight is 332 g/mol. The van der Waals surface area contributed by atoms with Crippen LogP contribution in [0.3, 0.4) is 0 Å². The van der Waals surface area contributed by atoms with Crippen molar-refractivity contribution < 1.29 is 4.42 Å². The summed E-state index contributed by atoms with van der Waals surface area (Å²) in [7, 11) is 0. The van der Waals surface area contributed by atoms with E-state index in [2.05, 4.69) is 26.3 Å². The number of furan rings is 1. The van der Waals surface area contributed by atoms with Crippen molar-refractivity contribution in [3.05, 3.63) is 64.6 Å². The maximum Gasteiger partial charge on any atom is 0.148 e. The number of hydrazine groups is 1. The van der Waals surface area contributed by atoms with E-state index in [4.69, 9.17) is 10.3 Å². The van der Waals surface area contributed by atoms with Crippen LogP contribution in [0.1, 0.15) is 17.4 Å². The van der Waals surface area contributed by atoms with Gasteiger partial charge < -0.3 is 4.42 Å². The molecule has 3 rings (SSSR count). The molecule has 20 heavy (non-hydrogen) atoms. The van der Waals surface area contributed by atoms with Crippen LogP contribution in [0.15, 0.2) is 57.7 Å².